The van der Waals surface area contributed by atoms with Crippen LogP contribution in [0.25, 0.3) is 0 Å². The summed E-state index contributed by atoms with van der Waals surface area (Å²) in [5, 5.41) is 8.92. The van der Waals surface area contributed by atoms with Crippen LogP contribution in [0.5, 0.6) is 5.75 Å². The maximum absolute atomic E-state index is 12.1. The van der Waals surface area contributed by atoms with Crippen LogP contribution in [0, 0.1) is 0 Å². The lowest BCUT2D eigenvalue weighted by Crippen LogP contribution is -2.39. The van der Waals surface area contributed by atoms with E-state index in [1.54, 1.807) is 0 Å². The summed E-state index contributed by atoms with van der Waals surface area (Å²) in [6, 6.07) is 4.40. The third-order valence-electron chi connectivity index (χ3n) is 3.51. The smallest absolute Gasteiger partial charge is 0.214 e. The Morgan fingerprint density at radius 2 is 1.90 bits per heavy atom. The first-order chi connectivity index (χ1) is 9.70. The number of hydrogen-bond donors (Lipinski definition) is 3. The van der Waals surface area contributed by atoms with Crippen LogP contribution in [0.3, 0.4) is 0 Å². The molecule has 0 radical (unpaired) electrons. The molecule has 0 aromatic heterocycles. The van der Waals surface area contributed by atoms with Gasteiger partial charge in [-0.05, 0) is 31.0 Å². The second kappa shape index (κ2) is 5.82. The molecule has 1 heterocycles. The van der Waals surface area contributed by atoms with Gasteiger partial charge in [0.2, 0.25) is 10.0 Å². The Morgan fingerprint density at radius 1 is 1.29 bits per heavy atom. The van der Waals surface area contributed by atoms with E-state index in [0.717, 1.165) is 0 Å². The molecule has 0 bridgehead atoms. The molecule has 0 atom stereocenters. The molecule has 4 N–H and O–H groups in total. The molecular weight excluding hydrogens is 316 g/mol. The van der Waals surface area contributed by atoms with Crippen molar-refractivity contribution in [1.29, 1.82) is 0 Å². The number of anilines is 1. The van der Waals surface area contributed by atoms with Crippen molar-refractivity contribution in [3.63, 3.8) is 0 Å². The number of phenolic OH excluding ortho intramolecular Hbond substituents is 1. The van der Waals surface area contributed by atoms with Gasteiger partial charge >= 0.3 is 0 Å². The minimum absolute atomic E-state index is 0.0434. The Bertz CT molecular complexity index is 714. The molecule has 1 aliphatic heterocycles. The lowest BCUT2D eigenvalue weighted by Gasteiger charge is -2.22. The summed E-state index contributed by atoms with van der Waals surface area (Å²) in [7, 11) is -6.73. The van der Waals surface area contributed by atoms with Crippen LogP contribution in [0.15, 0.2) is 18.2 Å². The van der Waals surface area contributed by atoms with Crippen molar-refractivity contribution in [2.24, 2.45) is 0 Å². The number of nitrogens with two attached hydrogens (primary N) is 1. The number of rotatable bonds is 4. The van der Waals surface area contributed by atoms with Gasteiger partial charge in [-0.3, -0.25) is 0 Å². The topological polar surface area (TPSA) is 127 Å². The number of sulfonamides is 1. The van der Waals surface area contributed by atoms with E-state index >= 15 is 0 Å². The number of phenols is 1. The number of hydrogen-bond acceptors (Lipinski definition) is 6. The third-order valence-corrected chi connectivity index (χ3v) is 7.12. The van der Waals surface area contributed by atoms with Crippen LogP contribution >= 0.6 is 0 Å². The standard InChI is InChI=1S/C12H18N2O5S2/c13-10-1-2-12(15)9(7-10)8-14-21(18,19)11-3-5-20(16,17)6-4-11/h1-2,7,11,14-15H,3-6,8,13H2. The zero-order valence-electron chi connectivity index (χ0n) is 11.3. The minimum atomic E-state index is -3.63. The summed E-state index contributed by atoms with van der Waals surface area (Å²) >= 11 is 0. The van der Waals surface area contributed by atoms with Crippen LogP contribution in [-0.2, 0) is 26.4 Å². The Hall–Kier alpha value is -1.32. The van der Waals surface area contributed by atoms with E-state index in [4.69, 9.17) is 5.73 Å². The average molecular weight is 334 g/mol. The molecule has 9 heteroatoms. The largest absolute Gasteiger partial charge is 0.508 e. The van der Waals surface area contributed by atoms with E-state index in [1.165, 1.54) is 18.2 Å². The van der Waals surface area contributed by atoms with E-state index in [2.05, 4.69) is 4.72 Å². The summed E-state index contributed by atoms with van der Waals surface area (Å²) < 4.78 is 49.3. The number of nitrogens with one attached hydrogen (secondary N) is 1. The van der Waals surface area contributed by atoms with Crippen molar-refractivity contribution in [3.05, 3.63) is 23.8 Å². The molecule has 1 saturated heterocycles. The van der Waals surface area contributed by atoms with E-state index in [1.807, 2.05) is 0 Å². The average Bonchev–Trinajstić information content (AvgIpc) is 2.39. The number of nitrogen functional groups attached to an aromatic ring is 1. The zero-order valence-corrected chi connectivity index (χ0v) is 13.0. The van der Waals surface area contributed by atoms with E-state index < -0.39 is 25.1 Å². The van der Waals surface area contributed by atoms with Gasteiger partial charge in [0.15, 0.2) is 0 Å². The summed E-state index contributed by atoms with van der Waals surface area (Å²) in [4.78, 5) is 0. The van der Waals surface area contributed by atoms with Gasteiger partial charge in [-0.25, -0.2) is 21.6 Å². The fourth-order valence-corrected chi connectivity index (χ4v) is 5.46. The van der Waals surface area contributed by atoms with Gasteiger partial charge in [0.05, 0.1) is 16.8 Å². The molecule has 0 saturated carbocycles. The fourth-order valence-electron chi connectivity index (χ4n) is 2.22. The molecule has 21 heavy (non-hydrogen) atoms. The summed E-state index contributed by atoms with van der Waals surface area (Å²) in [5.74, 6) is -0.261. The molecule has 1 aromatic rings. The highest BCUT2D eigenvalue weighted by Gasteiger charge is 2.32. The maximum Gasteiger partial charge on any atom is 0.214 e. The number of sulfone groups is 1. The Balaban J connectivity index is 2.03. The van der Waals surface area contributed by atoms with Gasteiger partial charge in [-0.15, -0.1) is 0 Å². The van der Waals surface area contributed by atoms with Crippen molar-refractivity contribution in [2.45, 2.75) is 24.6 Å². The molecule has 1 aliphatic rings. The monoisotopic (exact) mass is 334 g/mol. The second-order valence-electron chi connectivity index (χ2n) is 5.11. The Kier molecular flexibility index (Phi) is 4.45. The number of aromatic hydroxyl groups is 1. The molecule has 0 amide bonds. The van der Waals surface area contributed by atoms with Crippen molar-refractivity contribution >= 4 is 25.5 Å². The molecule has 0 aliphatic carbocycles. The van der Waals surface area contributed by atoms with Crippen molar-refractivity contribution in [1.82, 2.24) is 4.72 Å². The van der Waals surface area contributed by atoms with Crippen LogP contribution in [-0.4, -0.2) is 38.7 Å². The first-order valence-corrected chi connectivity index (χ1v) is 9.83. The summed E-state index contributed by atoms with van der Waals surface area (Å²) in [6.07, 6.45) is 0.196. The van der Waals surface area contributed by atoms with Crippen LogP contribution in [0.1, 0.15) is 18.4 Å². The van der Waals surface area contributed by atoms with Crippen LogP contribution in [0.4, 0.5) is 5.69 Å². The SMILES string of the molecule is Nc1ccc(O)c(CNS(=O)(=O)C2CCS(=O)(=O)CC2)c1. The molecule has 0 unspecified atom stereocenters. The maximum atomic E-state index is 12.1. The lowest BCUT2D eigenvalue weighted by atomic mass is 10.2. The number of benzene rings is 1. The molecule has 2 rings (SSSR count). The van der Waals surface area contributed by atoms with Crippen LogP contribution < -0.4 is 10.5 Å². The molecule has 0 spiro atoms. The highest BCUT2D eigenvalue weighted by Crippen LogP contribution is 2.22. The van der Waals surface area contributed by atoms with Gasteiger partial charge in [0.1, 0.15) is 15.6 Å². The fraction of sp³-hybridized carbons (Fsp3) is 0.500. The van der Waals surface area contributed by atoms with Gasteiger partial charge in [-0.1, -0.05) is 0 Å². The zero-order chi connectivity index (χ0) is 15.7. The molecule has 1 fully saturated rings. The third kappa shape index (κ3) is 4.08. The molecule has 118 valence electrons. The van der Waals surface area contributed by atoms with Gasteiger partial charge in [0, 0.05) is 17.8 Å². The van der Waals surface area contributed by atoms with Gasteiger partial charge in [0.25, 0.3) is 0 Å². The van der Waals surface area contributed by atoms with Crippen molar-refractivity contribution in [2.75, 3.05) is 17.2 Å². The Labute approximate surface area is 124 Å². The van der Waals surface area contributed by atoms with E-state index in [9.17, 15) is 21.9 Å². The summed E-state index contributed by atoms with van der Waals surface area (Å²) in [6.45, 7) is -0.0809. The lowest BCUT2D eigenvalue weighted by molar-refractivity contribution is 0.467. The molecule has 7 nitrogen and oxygen atoms in total. The summed E-state index contributed by atoms with van der Waals surface area (Å²) in [5.41, 5.74) is 6.38. The van der Waals surface area contributed by atoms with Crippen molar-refractivity contribution in [3.8, 4) is 5.75 Å². The minimum Gasteiger partial charge on any atom is -0.508 e. The predicted octanol–water partition coefficient (Wildman–Crippen LogP) is -0.0290. The predicted molar refractivity (Wildman–Crippen MR) is 80.0 cm³/mol. The van der Waals surface area contributed by atoms with Crippen LogP contribution in [0.2, 0.25) is 0 Å². The quantitative estimate of drug-likeness (QED) is 0.524. The van der Waals surface area contributed by atoms with Gasteiger partial charge < -0.3 is 10.8 Å². The first kappa shape index (κ1) is 16.1. The second-order valence-corrected chi connectivity index (χ2v) is 9.45. The highest BCUT2D eigenvalue weighted by atomic mass is 32.2. The van der Waals surface area contributed by atoms with Crippen molar-refractivity contribution < 1.29 is 21.9 Å². The van der Waals surface area contributed by atoms with Gasteiger partial charge in [-0.2, -0.15) is 0 Å². The normalized spacial score (nSPS) is 19.4. The molecule has 1 aromatic carbocycles. The molecular formula is C12H18N2O5S2. The van der Waals surface area contributed by atoms with E-state index in [0.29, 0.717) is 11.3 Å². The van der Waals surface area contributed by atoms with E-state index in [-0.39, 0.29) is 36.6 Å². The Morgan fingerprint density at radius 3 is 2.52 bits per heavy atom. The highest BCUT2D eigenvalue weighted by molar-refractivity contribution is 7.92. The first-order valence-electron chi connectivity index (χ1n) is 6.46.